The molecule has 1 heterocycles. The summed E-state index contributed by atoms with van der Waals surface area (Å²) in [5, 5.41) is 3.12. The van der Waals surface area contributed by atoms with E-state index in [1.807, 2.05) is 0 Å². The number of methoxy groups -OCH3 is 3. The fraction of sp³-hybridized carbons (Fsp3) is 0.357. The molecule has 3 aromatic rings. The van der Waals surface area contributed by atoms with Gasteiger partial charge in [-0.2, -0.15) is 0 Å². The maximum absolute atomic E-state index is 14.4. The van der Waals surface area contributed by atoms with Crippen LogP contribution in [0.4, 0.5) is 10.1 Å². The number of carbonyl (C=O) groups excluding carboxylic acids is 2. The summed E-state index contributed by atoms with van der Waals surface area (Å²) in [5.74, 6) is -0.653. The van der Waals surface area contributed by atoms with E-state index in [0.717, 1.165) is 32.1 Å². The number of anilines is 1. The Hall–Kier alpha value is -4.21. The van der Waals surface area contributed by atoms with Gasteiger partial charge in [-0.3, -0.25) is 19.5 Å². The Morgan fingerprint density at radius 1 is 1.00 bits per heavy atom. The molecule has 0 spiro atoms. The minimum absolute atomic E-state index is 0.000306. The predicted molar refractivity (Wildman–Crippen MR) is 139 cm³/mol. The van der Waals surface area contributed by atoms with Gasteiger partial charge in [0.2, 0.25) is 11.7 Å². The van der Waals surface area contributed by atoms with Crippen LogP contribution in [0.2, 0.25) is 0 Å². The van der Waals surface area contributed by atoms with Crippen molar-refractivity contribution in [1.29, 1.82) is 0 Å². The average molecular weight is 523 g/mol. The summed E-state index contributed by atoms with van der Waals surface area (Å²) in [5.41, 5.74) is 0.562. The minimum Gasteiger partial charge on any atom is -0.493 e. The summed E-state index contributed by atoms with van der Waals surface area (Å²) >= 11 is 0. The second-order valence-electron chi connectivity index (χ2n) is 8.95. The third-order valence-electron chi connectivity index (χ3n) is 6.55. The molecular weight excluding hydrogens is 491 g/mol. The molecule has 10 heteroatoms. The number of carbonyl (C=O) groups is 2. The Morgan fingerprint density at radius 2 is 1.71 bits per heavy atom. The van der Waals surface area contributed by atoms with Crippen LogP contribution >= 0.6 is 0 Å². The van der Waals surface area contributed by atoms with Crippen LogP contribution in [0.15, 0.2) is 55.0 Å². The van der Waals surface area contributed by atoms with E-state index in [1.165, 1.54) is 63.0 Å². The molecule has 1 aliphatic carbocycles. The Morgan fingerprint density at radius 3 is 2.29 bits per heavy atom. The van der Waals surface area contributed by atoms with Gasteiger partial charge in [0, 0.05) is 24.1 Å². The average Bonchev–Trinajstić information content (AvgIpc) is 2.95. The van der Waals surface area contributed by atoms with E-state index >= 15 is 0 Å². The molecule has 200 valence electrons. The monoisotopic (exact) mass is 522 g/mol. The van der Waals surface area contributed by atoms with Crippen LogP contribution in [0.1, 0.15) is 54.2 Å². The smallest absolute Gasteiger partial charge is 0.279 e. The number of ether oxygens (including phenoxy) is 3. The van der Waals surface area contributed by atoms with Crippen LogP contribution in [0, 0.1) is 5.82 Å². The largest absolute Gasteiger partial charge is 0.493 e. The zero-order valence-corrected chi connectivity index (χ0v) is 21.6. The summed E-state index contributed by atoms with van der Waals surface area (Å²) in [7, 11) is 4.41. The molecule has 0 saturated heterocycles. The number of benzene rings is 2. The van der Waals surface area contributed by atoms with Crippen LogP contribution in [0.3, 0.4) is 0 Å². The number of hydrogen-bond acceptors (Lipinski definition) is 7. The van der Waals surface area contributed by atoms with Gasteiger partial charge in [-0.1, -0.05) is 25.3 Å². The second-order valence-corrected chi connectivity index (χ2v) is 8.95. The molecule has 38 heavy (non-hydrogen) atoms. The zero-order valence-electron chi connectivity index (χ0n) is 21.6. The number of aromatic nitrogens is 2. The first-order valence-electron chi connectivity index (χ1n) is 12.4. The van der Waals surface area contributed by atoms with Crippen molar-refractivity contribution in [1.82, 2.24) is 15.3 Å². The van der Waals surface area contributed by atoms with Crippen molar-refractivity contribution in [3.63, 3.8) is 0 Å². The molecule has 2 amide bonds. The van der Waals surface area contributed by atoms with Gasteiger partial charge in [-0.15, -0.1) is 0 Å². The number of halogens is 1. The molecule has 0 unspecified atom stereocenters. The Balaban J connectivity index is 1.90. The number of rotatable bonds is 9. The van der Waals surface area contributed by atoms with Crippen molar-refractivity contribution in [3.8, 4) is 17.2 Å². The minimum atomic E-state index is -1.22. The first-order chi connectivity index (χ1) is 18.5. The highest BCUT2D eigenvalue weighted by atomic mass is 19.1. The number of nitrogens with zero attached hydrogens (tertiary/aromatic N) is 3. The van der Waals surface area contributed by atoms with Crippen molar-refractivity contribution in [2.45, 2.75) is 44.2 Å². The Labute approximate surface area is 220 Å². The summed E-state index contributed by atoms with van der Waals surface area (Å²) < 4.78 is 31.0. The van der Waals surface area contributed by atoms with Gasteiger partial charge < -0.3 is 19.5 Å². The van der Waals surface area contributed by atoms with E-state index in [9.17, 15) is 14.0 Å². The van der Waals surface area contributed by atoms with Gasteiger partial charge in [0.05, 0.1) is 27.5 Å². The zero-order chi connectivity index (χ0) is 27.1. The molecular formula is C28H31FN4O5. The summed E-state index contributed by atoms with van der Waals surface area (Å²) in [6.45, 7) is 0. The molecule has 1 aromatic heterocycles. The molecule has 1 saturated carbocycles. The van der Waals surface area contributed by atoms with Crippen molar-refractivity contribution in [3.05, 3.63) is 72.1 Å². The predicted octanol–water partition coefficient (Wildman–Crippen LogP) is 4.48. The van der Waals surface area contributed by atoms with E-state index < -0.39 is 23.7 Å². The summed E-state index contributed by atoms with van der Waals surface area (Å²) in [4.78, 5) is 37.4. The molecule has 1 fully saturated rings. The quantitative estimate of drug-likeness (QED) is 0.442. The van der Waals surface area contributed by atoms with Crippen LogP contribution in [-0.4, -0.2) is 49.2 Å². The molecule has 4 rings (SSSR count). The topological polar surface area (TPSA) is 103 Å². The van der Waals surface area contributed by atoms with E-state index in [0.29, 0.717) is 22.8 Å². The number of hydrogen-bond donors (Lipinski definition) is 1. The first-order valence-corrected chi connectivity index (χ1v) is 12.4. The first kappa shape index (κ1) is 26.8. The molecule has 0 aliphatic heterocycles. The maximum atomic E-state index is 14.4. The molecule has 2 aromatic carbocycles. The molecule has 0 bridgehead atoms. The van der Waals surface area contributed by atoms with E-state index in [1.54, 1.807) is 18.2 Å². The van der Waals surface area contributed by atoms with Crippen LogP contribution in [-0.2, 0) is 4.79 Å². The molecule has 0 radical (unpaired) electrons. The van der Waals surface area contributed by atoms with Gasteiger partial charge in [-0.05, 0) is 48.7 Å². The SMILES string of the molecule is COc1cc([C@@H](C(=O)NC2CCCCC2)N(C(=O)c2cnccn2)c2cccc(F)c2)cc(OC)c1OC. The maximum Gasteiger partial charge on any atom is 0.279 e. The van der Waals surface area contributed by atoms with Crippen LogP contribution < -0.4 is 24.4 Å². The van der Waals surface area contributed by atoms with E-state index in [-0.39, 0.29) is 17.4 Å². The van der Waals surface area contributed by atoms with Crippen molar-refractivity contribution >= 4 is 17.5 Å². The lowest BCUT2D eigenvalue weighted by Gasteiger charge is -2.33. The normalized spacial score (nSPS) is 14.3. The van der Waals surface area contributed by atoms with Gasteiger partial charge in [0.1, 0.15) is 17.6 Å². The number of nitrogens with one attached hydrogen (secondary N) is 1. The van der Waals surface area contributed by atoms with Crippen molar-refractivity contribution in [2.24, 2.45) is 0 Å². The third kappa shape index (κ3) is 5.85. The Bertz CT molecular complexity index is 1240. The van der Waals surface area contributed by atoms with Gasteiger partial charge in [-0.25, -0.2) is 9.37 Å². The highest BCUT2D eigenvalue weighted by Crippen LogP contribution is 2.42. The van der Waals surface area contributed by atoms with E-state index in [2.05, 4.69) is 15.3 Å². The van der Waals surface area contributed by atoms with Crippen molar-refractivity contribution in [2.75, 3.05) is 26.2 Å². The molecule has 9 nitrogen and oxygen atoms in total. The fourth-order valence-electron chi connectivity index (χ4n) is 4.75. The highest BCUT2D eigenvalue weighted by Gasteiger charge is 2.36. The third-order valence-corrected chi connectivity index (χ3v) is 6.55. The van der Waals surface area contributed by atoms with Crippen molar-refractivity contribution < 1.29 is 28.2 Å². The summed E-state index contributed by atoms with van der Waals surface area (Å²) in [6.07, 6.45) is 8.93. The van der Waals surface area contributed by atoms with E-state index in [4.69, 9.17) is 14.2 Å². The molecule has 1 N–H and O–H groups in total. The lowest BCUT2D eigenvalue weighted by atomic mass is 9.94. The lowest BCUT2D eigenvalue weighted by Crippen LogP contribution is -2.47. The lowest BCUT2D eigenvalue weighted by molar-refractivity contribution is -0.123. The summed E-state index contributed by atoms with van der Waals surface area (Å²) in [6, 6.07) is 7.48. The van der Waals surface area contributed by atoms with Crippen LogP contribution in [0.25, 0.3) is 0 Å². The highest BCUT2D eigenvalue weighted by molar-refractivity contribution is 6.09. The van der Waals surface area contributed by atoms with Gasteiger partial charge >= 0.3 is 0 Å². The second kappa shape index (κ2) is 12.4. The van der Waals surface area contributed by atoms with Gasteiger partial charge in [0.25, 0.3) is 5.91 Å². The fourth-order valence-corrected chi connectivity index (χ4v) is 4.75. The standard InChI is InChI=1S/C28H31FN4O5/c1-36-23-14-18(15-24(37-2)26(23)38-3)25(27(34)32-20-9-5-4-6-10-20)33(21-11-7-8-19(29)16-21)28(35)22-17-30-12-13-31-22/h7-8,11-17,20,25H,4-6,9-10H2,1-3H3,(H,32,34)/t25-/m0/s1. The van der Waals surface area contributed by atoms with Crippen LogP contribution in [0.5, 0.6) is 17.2 Å². The molecule has 1 aliphatic rings. The van der Waals surface area contributed by atoms with Gasteiger partial charge in [0.15, 0.2) is 11.5 Å². The Kier molecular flexibility index (Phi) is 8.73. The number of amides is 2. The molecule has 1 atom stereocenters.